The Morgan fingerprint density at radius 1 is 1.39 bits per heavy atom. The van der Waals surface area contributed by atoms with Crippen LogP contribution in [0.5, 0.6) is 0 Å². The monoisotopic (exact) mass is 332 g/mol. The highest BCUT2D eigenvalue weighted by Gasteiger charge is 2.13. The summed E-state index contributed by atoms with van der Waals surface area (Å²) in [6, 6.07) is 7.32. The Labute approximate surface area is 138 Å². The molecular formula is C16H17ClN4O2. The summed E-state index contributed by atoms with van der Waals surface area (Å²) >= 11 is 6.03. The van der Waals surface area contributed by atoms with Crippen LogP contribution in [0, 0.1) is 0 Å². The Hall–Kier alpha value is -2.47. The van der Waals surface area contributed by atoms with Gasteiger partial charge in [0.2, 0.25) is 5.88 Å². The van der Waals surface area contributed by atoms with Crippen molar-refractivity contribution in [3.63, 3.8) is 0 Å². The first kappa shape index (κ1) is 15.4. The van der Waals surface area contributed by atoms with Gasteiger partial charge in [-0.1, -0.05) is 16.8 Å². The van der Waals surface area contributed by atoms with E-state index in [1.54, 1.807) is 11.0 Å². The largest absolute Gasteiger partial charge is 0.361 e. The van der Waals surface area contributed by atoms with E-state index in [9.17, 15) is 4.79 Å². The lowest BCUT2D eigenvalue weighted by atomic mass is 10.1. The second-order valence-corrected chi connectivity index (χ2v) is 5.89. The van der Waals surface area contributed by atoms with Crippen LogP contribution < -0.4 is 10.2 Å². The van der Waals surface area contributed by atoms with E-state index < -0.39 is 0 Å². The van der Waals surface area contributed by atoms with Crippen LogP contribution in [0.3, 0.4) is 0 Å². The molecule has 2 heterocycles. The number of hydrogen-bond acceptors (Lipinski definition) is 4. The van der Waals surface area contributed by atoms with Crippen LogP contribution in [0.2, 0.25) is 5.02 Å². The number of benzene rings is 1. The number of fused-ring (bicyclic) bond motifs is 1. The summed E-state index contributed by atoms with van der Waals surface area (Å²) in [7, 11) is 3.65. The number of anilines is 1. The number of carbonyl (C=O) groups excluding carboxylic acids is 1. The number of nitrogens with one attached hydrogen (secondary N) is 2. The van der Waals surface area contributed by atoms with Gasteiger partial charge in [0, 0.05) is 48.8 Å². The van der Waals surface area contributed by atoms with Crippen molar-refractivity contribution in [3.05, 3.63) is 46.7 Å². The van der Waals surface area contributed by atoms with Crippen LogP contribution in [0.15, 0.2) is 35.0 Å². The van der Waals surface area contributed by atoms with E-state index in [-0.39, 0.29) is 11.6 Å². The van der Waals surface area contributed by atoms with Crippen molar-refractivity contribution in [1.29, 1.82) is 0 Å². The van der Waals surface area contributed by atoms with Crippen LogP contribution >= 0.6 is 11.6 Å². The molecule has 1 aromatic carbocycles. The topological polar surface area (TPSA) is 74.2 Å². The fraction of sp³-hybridized carbons (Fsp3) is 0.250. The highest BCUT2D eigenvalue weighted by atomic mass is 35.5. The molecular weight excluding hydrogens is 316 g/mol. The Bertz CT molecular complexity index is 838. The molecule has 0 fully saturated rings. The van der Waals surface area contributed by atoms with Gasteiger partial charge in [0.25, 0.3) is 5.91 Å². The lowest BCUT2D eigenvalue weighted by molar-refractivity contribution is 0.0945. The van der Waals surface area contributed by atoms with Gasteiger partial charge in [-0.3, -0.25) is 4.79 Å². The van der Waals surface area contributed by atoms with E-state index in [2.05, 4.69) is 15.5 Å². The molecule has 0 unspecified atom stereocenters. The molecule has 0 atom stereocenters. The second kappa shape index (κ2) is 6.34. The first-order chi connectivity index (χ1) is 11.0. The predicted molar refractivity (Wildman–Crippen MR) is 90.2 cm³/mol. The summed E-state index contributed by atoms with van der Waals surface area (Å²) in [5, 5.41) is 8.37. The maximum absolute atomic E-state index is 12.0. The summed E-state index contributed by atoms with van der Waals surface area (Å²) < 4.78 is 5.07. The van der Waals surface area contributed by atoms with Crippen LogP contribution in [-0.4, -0.2) is 36.7 Å². The normalized spacial score (nSPS) is 10.9. The highest BCUT2D eigenvalue weighted by Crippen LogP contribution is 2.22. The Morgan fingerprint density at radius 2 is 2.22 bits per heavy atom. The smallest absolute Gasteiger partial charge is 0.273 e. The molecule has 0 spiro atoms. The van der Waals surface area contributed by atoms with Gasteiger partial charge in [-0.15, -0.1) is 0 Å². The maximum atomic E-state index is 12.0. The molecule has 23 heavy (non-hydrogen) atoms. The van der Waals surface area contributed by atoms with E-state index in [4.69, 9.17) is 16.1 Å². The lowest BCUT2D eigenvalue weighted by Crippen LogP contribution is -2.25. The van der Waals surface area contributed by atoms with Crippen molar-refractivity contribution in [1.82, 2.24) is 15.5 Å². The van der Waals surface area contributed by atoms with E-state index in [0.29, 0.717) is 23.9 Å². The molecule has 0 saturated carbocycles. The van der Waals surface area contributed by atoms with Crippen molar-refractivity contribution >= 4 is 34.3 Å². The van der Waals surface area contributed by atoms with Crippen molar-refractivity contribution in [2.45, 2.75) is 6.42 Å². The number of nitrogens with zero attached hydrogens (tertiary/aromatic N) is 2. The molecule has 6 nitrogen and oxygen atoms in total. The van der Waals surface area contributed by atoms with Crippen LogP contribution in [0.4, 0.5) is 5.88 Å². The van der Waals surface area contributed by atoms with Gasteiger partial charge in [0.15, 0.2) is 5.69 Å². The van der Waals surface area contributed by atoms with Gasteiger partial charge in [0.05, 0.1) is 0 Å². The first-order valence-corrected chi connectivity index (χ1v) is 7.60. The first-order valence-electron chi connectivity index (χ1n) is 7.22. The minimum absolute atomic E-state index is 0.250. The SMILES string of the molecule is CN(C)c1cc(C(=O)NCCc2c[nH]c3ccc(Cl)cc23)no1. The Kier molecular flexibility index (Phi) is 4.25. The summed E-state index contributed by atoms with van der Waals surface area (Å²) in [6.45, 7) is 0.502. The van der Waals surface area contributed by atoms with Gasteiger partial charge in [0.1, 0.15) is 0 Å². The average Bonchev–Trinajstić information content (AvgIpc) is 3.14. The molecule has 2 N–H and O–H groups in total. The number of rotatable bonds is 5. The van der Waals surface area contributed by atoms with Crippen LogP contribution in [0.1, 0.15) is 16.1 Å². The summed E-state index contributed by atoms with van der Waals surface area (Å²) in [6.07, 6.45) is 2.64. The standard InChI is InChI=1S/C16H17ClN4O2/c1-21(2)15-8-14(20-23-15)16(22)18-6-5-10-9-19-13-4-3-11(17)7-12(10)13/h3-4,7-9,19H,5-6H2,1-2H3,(H,18,22). The quantitative estimate of drug-likeness (QED) is 0.753. The number of H-pyrrole nitrogens is 1. The van der Waals surface area contributed by atoms with Gasteiger partial charge in [-0.25, -0.2) is 0 Å². The Morgan fingerprint density at radius 3 is 2.96 bits per heavy atom. The van der Waals surface area contributed by atoms with Crippen LogP contribution in [-0.2, 0) is 6.42 Å². The highest BCUT2D eigenvalue weighted by molar-refractivity contribution is 6.31. The number of hydrogen-bond donors (Lipinski definition) is 2. The lowest BCUT2D eigenvalue weighted by Gasteiger charge is -2.04. The summed E-state index contributed by atoms with van der Waals surface area (Å²) in [5.74, 6) is 0.293. The van der Waals surface area contributed by atoms with Crippen molar-refractivity contribution in [2.75, 3.05) is 25.5 Å². The number of aromatic nitrogens is 2. The molecule has 0 radical (unpaired) electrons. The molecule has 3 rings (SSSR count). The van der Waals surface area contributed by atoms with E-state index >= 15 is 0 Å². The van der Waals surface area contributed by atoms with E-state index in [0.717, 1.165) is 16.5 Å². The molecule has 0 aliphatic heterocycles. The third kappa shape index (κ3) is 3.32. The van der Waals surface area contributed by atoms with Gasteiger partial charge in [-0.2, -0.15) is 0 Å². The predicted octanol–water partition coefficient (Wildman–Crippen LogP) is 2.85. The van der Waals surface area contributed by atoms with Crippen molar-refractivity contribution in [3.8, 4) is 0 Å². The van der Waals surface area contributed by atoms with Crippen LogP contribution in [0.25, 0.3) is 10.9 Å². The molecule has 0 aliphatic rings. The molecule has 3 aromatic rings. The second-order valence-electron chi connectivity index (χ2n) is 5.45. The Balaban J connectivity index is 1.61. The molecule has 0 saturated heterocycles. The number of aromatic amines is 1. The molecule has 0 bridgehead atoms. The third-order valence-electron chi connectivity index (χ3n) is 3.58. The fourth-order valence-electron chi connectivity index (χ4n) is 2.34. The molecule has 120 valence electrons. The zero-order chi connectivity index (χ0) is 16.4. The van der Waals surface area contributed by atoms with E-state index in [1.165, 1.54) is 0 Å². The zero-order valence-corrected chi connectivity index (χ0v) is 13.6. The van der Waals surface area contributed by atoms with Crippen molar-refractivity contribution < 1.29 is 9.32 Å². The number of carbonyl (C=O) groups is 1. The van der Waals surface area contributed by atoms with Gasteiger partial charge < -0.3 is 19.7 Å². The minimum Gasteiger partial charge on any atom is -0.361 e. The van der Waals surface area contributed by atoms with Gasteiger partial charge >= 0.3 is 0 Å². The maximum Gasteiger partial charge on any atom is 0.273 e. The number of halogens is 1. The average molecular weight is 333 g/mol. The molecule has 7 heteroatoms. The van der Waals surface area contributed by atoms with Crippen molar-refractivity contribution in [2.24, 2.45) is 0 Å². The van der Waals surface area contributed by atoms with E-state index in [1.807, 2.05) is 38.5 Å². The minimum atomic E-state index is -0.250. The summed E-state index contributed by atoms with van der Waals surface area (Å²) in [5.41, 5.74) is 2.41. The fourth-order valence-corrected chi connectivity index (χ4v) is 2.51. The molecule has 1 amide bonds. The third-order valence-corrected chi connectivity index (χ3v) is 3.82. The number of amides is 1. The zero-order valence-electron chi connectivity index (χ0n) is 12.9. The van der Waals surface area contributed by atoms with Gasteiger partial charge in [-0.05, 0) is 30.2 Å². The molecule has 2 aromatic heterocycles. The summed E-state index contributed by atoms with van der Waals surface area (Å²) in [4.78, 5) is 17.0. The molecule has 0 aliphatic carbocycles.